The van der Waals surface area contributed by atoms with Gasteiger partial charge in [0.2, 0.25) is 0 Å². The van der Waals surface area contributed by atoms with E-state index in [9.17, 15) is 5.11 Å². The summed E-state index contributed by atoms with van der Waals surface area (Å²) in [7, 11) is 0. The summed E-state index contributed by atoms with van der Waals surface area (Å²) in [5.74, 6) is 0. The van der Waals surface area contributed by atoms with Crippen molar-refractivity contribution in [2.24, 2.45) is 0 Å². The maximum Gasteiger partial charge on any atom is 0.111 e. The fourth-order valence-corrected chi connectivity index (χ4v) is 2.78. The molecule has 1 N–H and O–H groups in total. The zero-order valence-electron chi connectivity index (χ0n) is 9.38. The maximum absolute atomic E-state index is 9.50. The largest absolute Gasteiger partial charge is 0.393 e. The molecular formula is C12H14BrN3O. The van der Waals surface area contributed by atoms with E-state index in [0.717, 1.165) is 41.2 Å². The van der Waals surface area contributed by atoms with Crippen molar-refractivity contribution in [2.75, 3.05) is 0 Å². The van der Waals surface area contributed by atoms with Gasteiger partial charge in [-0.2, -0.15) is 5.10 Å². The van der Waals surface area contributed by atoms with Crippen LogP contribution < -0.4 is 0 Å². The predicted octanol–water partition coefficient (Wildman–Crippen LogP) is 2.67. The number of rotatable bonds is 1. The van der Waals surface area contributed by atoms with Crippen LogP contribution in [-0.2, 0) is 0 Å². The Morgan fingerprint density at radius 3 is 2.82 bits per heavy atom. The highest BCUT2D eigenvalue weighted by atomic mass is 79.9. The average Bonchev–Trinajstić information content (AvgIpc) is 2.72. The molecule has 0 saturated heterocycles. The third kappa shape index (κ3) is 2.21. The molecule has 2 aromatic rings. The van der Waals surface area contributed by atoms with Gasteiger partial charge >= 0.3 is 0 Å². The number of aliphatic hydroxyl groups excluding tert-OH is 1. The van der Waals surface area contributed by atoms with Crippen molar-refractivity contribution < 1.29 is 5.11 Å². The SMILES string of the molecule is OC1CCC(n2cc3cc(Br)ncc3n2)CC1. The van der Waals surface area contributed by atoms with Crippen molar-refractivity contribution in [3.05, 3.63) is 23.1 Å². The minimum atomic E-state index is -0.118. The molecule has 90 valence electrons. The van der Waals surface area contributed by atoms with Gasteiger partial charge in [0.1, 0.15) is 10.1 Å². The summed E-state index contributed by atoms with van der Waals surface area (Å²) in [6.45, 7) is 0. The molecule has 2 heterocycles. The minimum absolute atomic E-state index is 0.118. The van der Waals surface area contributed by atoms with Gasteiger partial charge in [-0.25, -0.2) is 4.98 Å². The first kappa shape index (κ1) is 11.2. The number of nitrogens with zero attached hydrogens (tertiary/aromatic N) is 3. The van der Waals surface area contributed by atoms with Crippen molar-refractivity contribution in [1.82, 2.24) is 14.8 Å². The molecule has 2 aromatic heterocycles. The fraction of sp³-hybridized carbons (Fsp3) is 0.500. The van der Waals surface area contributed by atoms with E-state index in [1.54, 1.807) is 6.20 Å². The summed E-state index contributed by atoms with van der Waals surface area (Å²) >= 11 is 3.36. The van der Waals surface area contributed by atoms with E-state index < -0.39 is 0 Å². The second kappa shape index (κ2) is 4.38. The standard InChI is InChI=1S/C12H14BrN3O/c13-12-5-8-7-16(15-11(8)6-14-12)9-1-3-10(17)4-2-9/h5-7,9-10,17H,1-4H2. The Balaban J connectivity index is 1.90. The summed E-state index contributed by atoms with van der Waals surface area (Å²) in [5, 5.41) is 15.2. The molecule has 0 radical (unpaired) electrons. The number of fused-ring (bicyclic) bond motifs is 1. The van der Waals surface area contributed by atoms with Crippen LogP contribution in [0.4, 0.5) is 0 Å². The number of hydrogen-bond acceptors (Lipinski definition) is 3. The second-order valence-electron chi connectivity index (χ2n) is 4.64. The van der Waals surface area contributed by atoms with Crippen LogP contribution in [0.5, 0.6) is 0 Å². The predicted molar refractivity (Wildman–Crippen MR) is 68.7 cm³/mol. The first-order chi connectivity index (χ1) is 8.22. The van der Waals surface area contributed by atoms with Gasteiger partial charge in [-0.3, -0.25) is 4.68 Å². The topological polar surface area (TPSA) is 50.9 Å². The van der Waals surface area contributed by atoms with Gasteiger partial charge in [0, 0.05) is 11.6 Å². The van der Waals surface area contributed by atoms with Crippen molar-refractivity contribution in [2.45, 2.75) is 37.8 Å². The summed E-state index contributed by atoms with van der Waals surface area (Å²) in [4.78, 5) is 4.18. The van der Waals surface area contributed by atoms with E-state index >= 15 is 0 Å². The van der Waals surface area contributed by atoms with Crippen molar-refractivity contribution in [3.8, 4) is 0 Å². The van der Waals surface area contributed by atoms with E-state index in [1.165, 1.54) is 0 Å². The molecule has 1 saturated carbocycles. The van der Waals surface area contributed by atoms with Gasteiger partial charge in [-0.1, -0.05) is 0 Å². The third-order valence-corrected chi connectivity index (χ3v) is 3.85. The van der Waals surface area contributed by atoms with Crippen LogP contribution in [-0.4, -0.2) is 26.0 Å². The minimum Gasteiger partial charge on any atom is -0.393 e. The summed E-state index contributed by atoms with van der Waals surface area (Å²) < 4.78 is 2.87. The fourth-order valence-electron chi connectivity index (χ4n) is 2.43. The molecule has 1 aliphatic rings. The lowest BCUT2D eigenvalue weighted by atomic mass is 9.93. The third-order valence-electron chi connectivity index (χ3n) is 3.42. The number of pyridine rings is 1. The lowest BCUT2D eigenvalue weighted by Crippen LogP contribution is -2.21. The van der Waals surface area contributed by atoms with E-state index in [4.69, 9.17) is 0 Å². The molecule has 5 heteroatoms. The Labute approximate surface area is 108 Å². The number of aliphatic hydroxyl groups is 1. The number of halogens is 1. The van der Waals surface area contributed by atoms with E-state index in [2.05, 4.69) is 32.2 Å². The normalized spacial score (nSPS) is 25.3. The summed E-state index contributed by atoms with van der Waals surface area (Å²) in [6, 6.07) is 2.40. The quantitative estimate of drug-likeness (QED) is 0.823. The molecule has 0 spiro atoms. The van der Waals surface area contributed by atoms with Crippen LogP contribution in [0.15, 0.2) is 23.1 Å². The van der Waals surface area contributed by atoms with E-state index in [1.807, 2.05) is 10.7 Å². The molecule has 0 aromatic carbocycles. The molecule has 0 amide bonds. The van der Waals surface area contributed by atoms with Crippen LogP contribution in [0.1, 0.15) is 31.7 Å². The highest BCUT2D eigenvalue weighted by molar-refractivity contribution is 9.10. The Bertz CT molecular complexity index is 532. The molecule has 0 unspecified atom stereocenters. The van der Waals surface area contributed by atoms with Gasteiger partial charge in [0.05, 0.1) is 18.3 Å². The zero-order valence-corrected chi connectivity index (χ0v) is 11.0. The Kier molecular flexibility index (Phi) is 2.88. The molecule has 0 atom stereocenters. The Morgan fingerprint density at radius 1 is 1.29 bits per heavy atom. The molecule has 3 rings (SSSR count). The van der Waals surface area contributed by atoms with Gasteiger partial charge in [0.25, 0.3) is 0 Å². The molecule has 1 fully saturated rings. The number of hydrogen-bond donors (Lipinski definition) is 1. The van der Waals surface area contributed by atoms with Gasteiger partial charge < -0.3 is 5.11 Å². The van der Waals surface area contributed by atoms with Gasteiger partial charge in [-0.05, 0) is 47.7 Å². The molecular weight excluding hydrogens is 282 g/mol. The highest BCUT2D eigenvalue weighted by Gasteiger charge is 2.21. The van der Waals surface area contributed by atoms with Crippen molar-refractivity contribution in [3.63, 3.8) is 0 Å². The first-order valence-corrected chi connectivity index (χ1v) is 6.70. The number of aromatic nitrogens is 3. The lowest BCUT2D eigenvalue weighted by molar-refractivity contribution is 0.108. The van der Waals surface area contributed by atoms with Crippen LogP contribution in [0.2, 0.25) is 0 Å². The molecule has 0 bridgehead atoms. The van der Waals surface area contributed by atoms with Crippen molar-refractivity contribution >= 4 is 26.8 Å². The smallest absolute Gasteiger partial charge is 0.111 e. The van der Waals surface area contributed by atoms with E-state index in [-0.39, 0.29) is 6.10 Å². The monoisotopic (exact) mass is 295 g/mol. The molecule has 17 heavy (non-hydrogen) atoms. The molecule has 1 aliphatic carbocycles. The summed E-state index contributed by atoms with van der Waals surface area (Å²) in [6.07, 6.45) is 7.50. The van der Waals surface area contributed by atoms with Crippen LogP contribution in [0.3, 0.4) is 0 Å². The van der Waals surface area contributed by atoms with Gasteiger partial charge in [-0.15, -0.1) is 0 Å². The summed E-state index contributed by atoms with van der Waals surface area (Å²) in [5.41, 5.74) is 0.930. The van der Waals surface area contributed by atoms with Crippen LogP contribution >= 0.6 is 15.9 Å². The second-order valence-corrected chi connectivity index (χ2v) is 5.45. The average molecular weight is 296 g/mol. The van der Waals surface area contributed by atoms with Crippen LogP contribution in [0.25, 0.3) is 10.9 Å². The lowest BCUT2D eigenvalue weighted by Gasteiger charge is -2.25. The maximum atomic E-state index is 9.50. The van der Waals surface area contributed by atoms with Gasteiger partial charge in [0.15, 0.2) is 0 Å². The molecule has 4 nitrogen and oxygen atoms in total. The Morgan fingerprint density at radius 2 is 2.06 bits per heavy atom. The van der Waals surface area contributed by atoms with Crippen molar-refractivity contribution in [1.29, 1.82) is 0 Å². The zero-order chi connectivity index (χ0) is 11.8. The Hall–Kier alpha value is -0.940. The van der Waals surface area contributed by atoms with E-state index in [0.29, 0.717) is 6.04 Å². The molecule has 0 aliphatic heterocycles. The highest BCUT2D eigenvalue weighted by Crippen LogP contribution is 2.29. The first-order valence-electron chi connectivity index (χ1n) is 5.91. The van der Waals surface area contributed by atoms with Crippen LogP contribution in [0, 0.1) is 0 Å².